The van der Waals surface area contributed by atoms with Gasteiger partial charge in [-0.05, 0) is 43.4 Å². The Balaban J connectivity index is 0.00000300. The molecule has 4 nitrogen and oxygen atoms in total. The summed E-state index contributed by atoms with van der Waals surface area (Å²) in [6.07, 6.45) is 4.52. The van der Waals surface area contributed by atoms with Crippen LogP contribution in [0.5, 0.6) is 5.75 Å². The molecular weight excluding hydrogens is 384 g/mol. The molecule has 0 aliphatic carbocycles. The third-order valence-corrected chi connectivity index (χ3v) is 5.56. The molecule has 158 valence electrons. The molecule has 2 aromatic carbocycles. The molecule has 0 N–H and O–H groups in total. The number of anilines is 1. The standard InChI is InChI=1S/C24H32N2O2.ClH/c1-3-9-24(27)26(22-12-7-8-13-23(22)28-2)21-15-18-25(19-16-21)17-14-20-10-5-4-6-11-20;/h4-8,10-13,21H,3,9,14-19H2,1-2H3;1H. The van der Waals surface area contributed by atoms with Gasteiger partial charge in [0.15, 0.2) is 0 Å². The molecule has 0 aromatic heterocycles. The Kier molecular flexibility index (Phi) is 9.49. The van der Waals surface area contributed by atoms with Gasteiger partial charge in [-0.15, -0.1) is 12.4 Å². The minimum atomic E-state index is 0. The molecule has 1 aliphatic heterocycles. The van der Waals surface area contributed by atoms with E-state index in [0.717, 1.165) is 56.8 Å². The van der Waals surface area contributed by atoms with E-state index in [1.165, 1.54) is 5.56 Å². The second-order valence-corrected chi connectivity index (χ2v) is 7.49. The number of ether oxygens (including phenoxy) is 1. The van der Waals surface area contributed by atoms with Gasteiger partial charge in [0.05, 0.1) is 12.8 Å². The largest absolute Gasteiger partial charge is 0.495 e. The van der Waals surface area contributed by atoms with Crippen LogP contribution in [-0.4, -0.2) is 43.6 Å². The number of hydrogen-bond acceptors (Lipinski definition) is 3. The lowest BCUT2D eigenvalue weighted by atomic mass is 10.0. The highest BCUT2D eigenvalue weighted by molar-refractivity contribution is 5.95. The van der Waals surface area contributed by atoms with Gasteiger partial charge < -0.3 is 14.5 Å². The molecule has 5 heteroatoms. The van der Waals surface area contributed by atoms with Crippen molar-refractivity contribution in [3.05, 3.63) is 60.2 Å². The van der Waals surface area contributed by atoms with Crippen LogP contribution in [0.25, 0.3) is 0 Å². The SMILES string of the molecule is CCCC(=O)N(c1ccccc1OC)C1CCN(CCc2ccccc2)CC1.Cl. The van der Waals surface area contributed by atoms with Crippen LogP contribution in [0.1, 0.15) is 38.2 Å². The number of carbonyl (C=O) groups excluding carboxylic acids is 1. The molecule has 0 unspecified atom stereocenters. The molecule has 0 spiro atoms. The van der Waals surface area contributed by atoms with Gasteiger partial charge in [-0.3, -0.25) is 4.79 Å². The molecule has 2 aromatic rings. The van der Waals surface area contributed by atoms with Gasteiger partial charge in [-0.1, -0.05) is 49.4 Å². The molecule has 29 heavy (non-hydrogen) atoms. The number of methoxy groups -OCH3 is 1. The summed E-state index contributed by atoms with van der Waals surface area (Å²) in [4.78, 5) is 17.5. The van der Waals surface area contributed by atoms with Gasteiger partial charge in [-0.2, -0.15) is 0 Å². The molecule has 0 radical (unpaired) electrons. The topological polar surface area (TPSA) is 32.8 Å². The van der Waals surface area contributed by atoms with Crippen molar-refractivity contribution in [2.45, 2.75) is 45.1 Å². The number of carbonyl (C=O) groups is 1. The second kappa shape index (κ2) is 11.8. The van der Waals surface area contributed by atoms with Crippen LogP contribution in [0.4, 0.5) is 5.69 Å². The van der Waals surface area contributed by atoms with Gasteiger partial charge in [0.2, 0.25) is 5.91 Å². The average molecular weight is 417 g/mol. The lowest BCUT2D eigenvalue weighted by Gasteiger charge is -2.39. The van der Waals surface area contributed by atoms with E-state index in [1.807, 2.05) is 29.2 Å². The van der Waals surface area contributed by atoms with Crippen molar-refractivity contribution in [2.75, 3.05) is 31.6 Å². The van der Waals surface area contributed by atoms with Crippen molar-refractivity contribution in [1.82, 2.24) is 4.90 Å². The predicted molar refractivity (Wildman–Crippen MR) is 122 cm³/mol. The van der Waals surface area contributed by atoms with Gasteiger partial charge in [0.25, 0.3) is 0 Å². The number of likely N-dealkylation sites (tertiary alicyclic amines) is 1. The molecular formula is C24H33ClN2O2. The minimum absolute atomic E-state index is 0. The van der Waals surface area contributed by atoms with Crippen molar-refractivity contribution < 1.29 is 9.53 Å². The van der Waals surface area contributed by atoms with E-state index in [9.17, 15) is 4.79 Å². The molecule has 0 saturated carbocycles. The Morgan fingerprint density at radius 3 is 2.38 bits per heavy atom. The van der Waals surface area contributed by atoms with E-state index in [1.54, 1.807) is 7.11 Å². The molecule has 1 amide bonds. The van der Waals surface area contributed by atoms with Crippen LogP contribution >= 0.6 is 12.4 Å². The maximum absolute atomic E-state index is 13.0. The van der Waals surface area contributed by atoms with E-state index in [4.69, 9.17) is 4.74 Å². The van der Waals surface area contributed by atoms with E-state index in [-0.39, 0.29) is 24.4 Å². The number of halogens is 1. The van der Waals surface area contributed by atoms with Crippen LogP contribution in [0.15, 0.2) is 54.6 Å². The van der Waals surface area contributed by atoms with Crippen molar-refractivity contribution in [3.8, 4) is 5.75 Å². The Morgan fingerprint density at radius 1 is 1.07 bits per heavy atom. The fourth-order valence-corrected chi connectivity index (χ4v) is 4.03. The molecule has 0 atom stereocenters. The number of nitrogens with zero attached hydrogens (tertiary/aromatic N) is 2. The van der Waals surface area contributed by atoms with Crippen LogP contribution < -0.4 is 9.64 Å². The number of benzene rings is 2. The van der Waals surface area contributed by atoms with Crippen LogP contribution in [0.3, 0.4) is 0 Å². The predicted octanol–water partition coefficient (Wildman–Crippen LogP) is 4.96. The molecule has 3 rings (SSSR count). The molecule has 0 bridgehead atoms. The molecule has 1 fully saturated rings. The van der Waals surface area contributed by atoms with Crippen molar-refractivity contribution in [1.29, 1.82) is 0 Å². The fraction of sp³-hybridized carbons (Fsp3) is 0.458. The normalized spacial score (nSPS) is 14.8. The first-order valence-electron chi connectivity index (χ1n) is 10.4. The second-order valence-electron chi connectivity index (χ2n) is 7.49. The molecule has 1 saturated heterocycles. The summed E-state index contributed by atoms with van der Waals surface area (Å²) in [5, 5.41) is 0. The highest BCUT2D eigenvalue weighted by Gasteiger charge is 2.30. The van der Waals surface area contributed by atoms with Crippen LogP contribution in [0.2, 0.25) is 0 Å². The summed E-state index contributed by atoms with van der Waals surface area (Å²) in [7, 11) is 1.67. The summed E-state index contributed by atoms with van der Waals surface area (Å²) in [5.74, 6) is 0.980. The van der Waals surface area contributed by atoms with Crippen LogP contribution in [-0.2, 0) is 11.2 Å². The van der Waals surface area contributed by atoms with Gasteiger partial charge in [-0.25, -0.2) is 0 Å². The summed E-state index contributed by atoms with van der Waals surface area (Å²) < 4.78 is 5.55. The summed E-state index contributed by atoms with van der Waals surface area (Å²) in [6.45, 7) is 5.20. The average Bonchev–Trinajstić information content (AvgIpc) is 2.75. The summed E-state index contributed by atoms with van der Waals surface area (Å²) in [5.41, 5.74) is 2.30. The third kappa shape index (κ3) is 6.22. The van der Waals surface area contributed by atoms with Crippen molar-refractivity contribution >= 4 is 24.0 Å². The van der Waals surface area contributed by atoms with E-state index >= 15 is 0 Å². The molecule has 1 heterocycles. The zero-order valence-corrected chi connectivity index (χ0v) is 18.4. The zero-order chi connectivity index (χ0) is 19.8. The highest BCUT2D eigenvalue weighted by atomic mass is 35.5. The Bertz CT molecular complexity index is 746. The maximum atomic E-state index is 13.0. The Labute approximate surface area is 181 Å². The first kappa shape index (κ1) is 23.2. The minimum Gasteiger partial charge on any atom is -0.495 e. The summed E-state index contributed by atoms with van der Waals surface area (Å²) >= 11 is 0. The first-order valence-corrected chi connectivity index (χ1v) is 10.4. The van der Waals surface area contributed by atoms with Gasteiger partial charge >= 0.3 is 0 Å². The number of hydrogen-bond donors (Lipinski definition) is 0. The Hall–Kier alpha value is -2.04. The quantitative estimate of drug-likeness (QED) is 0.609. The highest BCUT2D eigenvalue weighted by Crippen LogP contribution is 2.32. The fourth-order valence-electron chi connectivity index (χ4n) is 4.03. The smallest absolute Gasteiger partial charge is 0.227 e. The zero-order valence-electron chi connectivity index (χ0n) is 17.5. The van der Waals surface area contributed by atoms with E-state index < -0.39 is 0 Å². The number of piperidine rings is 1. The van der Waals surface area contributed by atoms with E-state index in [0.29, 0.717) is 6.42 Å². The van der Waals surface area contributed by atoms with Gasteiger partial charge in [0.1, 0.15) is 5.75 Å². The number of rotatable bonds is 8. The third-order valence-electron chi connectivity index (χ3n) is 5.56. The van der Waals surface area contributed by atoms with Crippen molar-refractivity contribution in [3.63, 3.8) is 0 Å². The van der Waals surface area contributed by atoms with Crippen molar-refractivity contribution in [2.24, 2.45) is 0 Å². The van der Waals surface area contributed by atoms with Crippen LogP contribution in [0, 0.1) is 0 Å². The summed E-state index contributed by atoms with van der Waals surface area (Å²) in [6, 6.07) is 18.8. The monoisotopic (exact) mass is 416 g/mol. The van der Waals surface area contributed by atoms with Gasteiger partial charge in [0, 0.05) is 32.1 Å². The lowest BCUT2D eigenvalue weighted by Crippen LogP contribution is -2.48. The lowest BCUT2D eigenvalue weighted by molar-refractivity contribution is -0.119. The van der Waals surface area contributed by atoms with E-state index in [2.05, 4.69) is 42.2 Å². The Morgan fingerprint density at radius 2 is 1.72 bits per heavy atom. The maximum Gasteiger partial charge on any atom is 0.227 e. The number of amides is 1. The molecule has 1 aliphatic rings. The first-order chi connectivity index (χ1) is 13.7. The number of para-hydroxylation sites is 2.